The van der Waals surface area contributed by atoms with E-state index in [0.29, 0.717) is 30.9 Å². The largest absolute Gasteiger partial charge is 0.338 e. The van der Waals surface area contributed by atoms with Gasteiger partial charge in [-0.05, 0) is 43.7 Å². The van der Waals surface area contributed by atoms with E-state index < -0.39 is 21.5 Å². The topological polar surface area (TPSA) is 81.7 Å². The molecular weight excluding hydrogens is 350 g/mol. The number of ether oxygens (including phenoxy) is 2. The molecule has 1 amide bonds. The fraction of sp³-hybridized carbons (Fsp3) is 0.312. The molecule has 126 valence electrons. The standard InChI is InChI=1S/C16H15NO5S2/c1-10-3-6-14(23-10)24(19,20)11-4-5-13-12(9-11)16(15(18)17-13)21-7-2-8-22-16/h3-6,9H,2,7-8H2,1H3,(H,17,18). The Kier molecular flexibility index (Phi) is 3.54. The predicted octanol–water partition coefficient (Wildman–Crippen LogP) is 2.43. The lowest BCUT2D eigenvalue weighted by molar-refractivity contribution is -0.255. The number of anilines is 1. The highest BCUT2D eigenvalue weighted by Gasteiger charge is 2.51. The van der Waals surface area contributed by atoms with Gasteiger partial charge in [0.25, 0.3) is 11.7 Å². The van der Waals surface area contributed by atoms with E-state index in [0.717, 1.165) is 4.88 Å². The average Bonchev–Trinajstić information content (AvgIpc) is 3.12. The third-order valence-electron chi connectivity index (χ3n) is 4.08. The molecule has 0 atom stereocenters. The van der Waals surface area contributed by atoms with Crippen molar-refractivity contribution in [1.29, 1.82) is 0 Å². The van der Waals surface area contributed by atoms with Crippen molar-refractivity contribution in [2.75, 3.05) is 18.5 Å². The Bertz CT molecular complexity index is 926. The van der Waals surface area contributed by atoms with Gasteiger partial charge in [-0.3, -0.25) is 4.79 Å². The molecule has 0 unspecified atom stereocenters. The molecule has 2 aliphatic heterocycles. The minimum Gasteiger partial charge on any atom is -0.338 e. The van der Waals surface area contributed by atoms with Crippen LogP contribution >= 0.6 is 11.3 Å². The molecule has 1 N–H and O–H groups in total. The van der Waals surface area contributed by atoms with E-state index in [4.69, 9.17) is 9.47 Å². The zero-order chi connectivity index (χ0) is 16.9. The van der Waals surface area contributed by atoms with Gasteiger partial charge in [0.2, 0.25) is 9.84 Å². The SMILES string of the molecule is Cc1ccc(S(=O)(=O)c2ccc3c(c2)C2(OCCCO2)C(=O)N3)s1. The first-order valence-electron chi connectivity index (χ1n) is 7.49. The molecule has 1 fully saturated rings. The summed E-state index contributed by atoms with van der Waals surface area (Å²) < 4.78 is 37.2. The zero-order valence-electron chi connectivity index (χ0n) is 12.9. The van der Waals surface area contributed by atoms with Crippen molar-refractivity contribution in [3.63, 3.8) is 0 Å². The molecule has 6 nitrogen and oxygen atoms in total. The number of benzene rings is 1. The number of rotatable bonds is 2. The first-order valence-corrected chi connectivity index (χ1v) is 9.79. The normalized spacial score (nSPS) is 19.3. The summed E-state index contributed by atoms with van der Waals surface area (Å²) in [6.45, 7) is 2.62. The summed E-state index contributed by atoms with van der Waals surface area (Å²) in [5.74, 6) is -1.96. The number of nitrogens with one attached hydrogen (secondary N) is 1. The summed E-state index contributed by atoms with van der Waals surface area (Å²) in [4.78, 5) is 13.4. The Labute approximate surface area is 143 Å². The molecule has 0 aliphatic carbocycles. The van der Waals surface area contributed by atoms with E-state index in [1.54, 1.807) is 18.2 Å². The van der Waals surface area contributed by atoms with Crippen molar-refractivity contribution in [2.45, 2.75) is 28.2 Å². The van der Waals surface area contributed by atoms with Gasteiger partial charge in [-0.25, -0.2) is 8.42 Å². The summed E-state index contributed by atoms with van der Waals surface area (Å²) >= 11 is 1.22. The number of aryl methyl sites for hydroxylation is 1. The van der Waals surface area contributed by atoms with Crippen LogP contribution in [0.1, 0.15) is 16.9 Å². The van der Waals surface area contributed by atoms with E-state index in [9.17, 15) is 13.2 Å². The Morgan fingerprint density at radius 1 is 1.17 bits per heavy atom. The number of hydrogen-bond acceptors (Lipinski definition) is 6. The lowest BCUT2D eigenvalue weighted by atomic mass is 10.1. The van der Waals surface area contributed by atoms with Crippen molar-refractivity contribution in [1.82, 2.24) is 0 Å². The van der Waals surface area contributed by atoms with Gasteiger partial charge in [0, 0.05) is 10.4 Å². The Morgan fingerprint density at radius 3 is 2.58 bits per heavy atom. The number of hydrogen-bond donors (Lipinski definition) is 1. The molecule has 0 radical (unpaired) electrons. The first-order chi connectivity index (χ1) is 11.4. The van der Waals surface area contributed by atoms with Crippen LogP contribution in [-0.2, 0) is 29.9 Å². The fourth-order valence-corrected chi connectivity index (χ4v) is 5.60. The number of amides is 1. The second kappa shape index (κ2) is 5.38. The number of carbonyl (C=O) groups is 1. The van der Waals surface area contributed by atoms with Gasteiger partial charge >= 0.3 is 0 Å². The molecule has 1 aromatic carbocycles. The van der Waals surface area contributed by atoms with Gasteiger partial charge in [0.1, 0.15) is 4.21 Å². The highest BCUT2D eigenvalue weighted by Crippen LogP contribution is 2.43. The van der Waals surface area contributed by atoms with Crippen LogP contribution in [-0.4, -0.2) is 27.5 Å². The maximum absolute atomic E-state index is 12.8. The van der Waals surface area contributed by atoms with Crippen LogP contribution in [0.25, 0.3) is 0 Å². The number of sulfone groups is 1. The molecule has 3 heterocycles. The van der Waals surface area contributed by atoms with E-state index in [2.05, 4.69) is 5.32 Å². The molecule has 2 aromatic rings. The van der Waals surface area contributed by atoms with Crippen molar-refractivity contribution < 1.29 is 22.7 Å². The van der Waals surface area contributed by atoms with E-state index in [1.807, 2.05) is 6.92 Å². The van der Waals surface area contributed by atoms with Gasteiger partial charge < -0.3 is 14.8 Å². The number of fused-ring (bicyclic) bond motifs is 2. The van der Waals surface area contributed by atoms with Crippen molar-refractivity contribution in [3.05, 3.63) is 40.8 Å². The quantitative estimate of drug-likeness (QED) is 0.884. The van der Waals surface area contributed by atoms with Gasteiger partial charge in [-0.2, -0.15) is 0 Å². The zero-order valence-corrected chi connectivity index (χ0v) is 14.5. The summed E-state index contributed by atoms with van der Waals surface area (Å²) in [5, 5.41) is 2.70. The summed E-state index contributed by atoms with van der Waals surface area (Å²) in [5.41, 5.74) is 0.935. The Morgan fingerprint density at radius 2 is 1.92 bits per heavy atom. The van der Waals surface area contributed by atoms with Crippen molar-refractivity contribution in [3.8, 4) is 0 Å². The Hall–Kier alpha value is -1.74. The predicted molar refractivity (Wildman–Crippen MR) is 87.8 cm³/mol. The third kappa shape index (κ3) is 2.21. The van der Waals surface area contributed by atoms with Crippen LogP contribution in [0, 0.1) is 6.92 Å². The van der Waals surface area contributed by atoms with Crippen LogP contribution in [0.4, 0.5) is 5.69 Å². The van der Waals surface area contributed by atoms with Crippen LogP contribution in [0.5, 0.6) is 0 Å². The number of carbonyl (C=O) groups excluding carboxylic acids is 1. The fourth-order valence-electron chi connectivity index (χ4n) is 2.89. The monoisotopic (exact) mass is 365 g/mol. The molecule has 1 saturated heterocycles. The molecule has 0 bridgehead atoms. The first kappa shape index (κ1) is 15.8. The molecule has 2 aliphatic rings. The van der Waals surface area contributed by atoms with Crippen LogP contribution in [0.2, 0.25) is 0 Å². The molecule has 8 heteroatoms. The summed E-state index contributed by atoms with van der Waals surface area (Å²) in [6.07, 6.45) is 0.691. The highest BCUT2D eigenvalue weighted by atomic mass is 32.2. The summed E-state index contributed by atoms with van der Waals surface area (Å²) in [7, 11) is -3.64. The summed E-state index contributed by atoms with van der Waals surface area (Å²) in [6, 6.07) is 7.91. The van der Waals surface area contributed by atoms with Crippen molar-refractivity contribution >= 4 is 32.8 Å². The Balaban J connectivity index is 1.83. The molecule has 24 heavy (non-hydrogen) atoms. The average molecular weight is 365 g/mol. The molecular formula is C16H15NO5S2. The van der Waals surface area contributed by atoms with Gasteiger partial charge in [0.15, 0.2) is 0 Å². The second-order valence-corrected chi connectivity index (χ2v) is 9.16. The van der Waals surface area contributed by atoms with Gasteiger partial charge in [0.05, 0.1) is 23.8 Å². The lowest BCUT2D eigenvalue weighted by Crippen LogP contribution is -2.43. The third-order valence-corrected chi connectivity index (χ3v) is 7.33. The van der Waals surface area contributed by atoms with Crippen LogP contribution in [0.15, 0.2) is 39.4 Å². The van der Waals surface area contributed by atoms with E-state index in [1.165, 1.54) is 23.5 Å². The smallest absolute Gasteiger partial charge is 0.289 e. The molecule has 1 aromatic heterocycles. The number of thiophene rings is 1. The second-order valence-electron chi connectivity index (χ2n) is 5.70. The van der Waals surface area contributed by atoms with Gasteiger partial charge in [-0.1, -0.05) is 0 Å². The minimum atomic E-state index is -3.64. The maximum Gasteiger partial charge on any atom is 0.289 e. The highest BCUT2D eigenvalue weighted by molar-refractivity contribution is 7.93. The lowest BCUT2D eigenvalue weighted by Gasteiger charge is -2.31. The van der Waals surface area contributed by atoms with Crippen LogP contribution in [0.3, 0.4) is 0 Å². The van der Waals surface area contributed by atoms with Crippen molar-refractivity contribution in [2.24, 2.45) is 0 Å². The maximum atomic E-state index is 12.8. The van der Waals surface area contributed by atoms with E-state index in [-0.39, 0.29) is 9.10 Å². The molecule has 0 saturated carbocycles. The van der Waals surface area contributed by atoms with E-state index >= 15 is 0 Å². The molecule has 1 spiro atoms. The molecule has 4 rings (SSSR count). The minimum absolute atomic E-state index is 0.122. The van der Waals surface area contributed by atoms with Crippen LogP contribution < -0.4 is 5.32 Å². The van der Waals surface area contributed by atoms with Gasteiger partial charge in [-0.15, -0.1) is 11.3 Å².